The summed E-state index contributed by atoms with van der Waals surface area (Å²) in [6, 6.07) is -0.0301. The van der Waals surface area contributed by atoms with Gasteiger partial charge in [0.15, 0.2) is 0 Å². The van der Waals surface area contributed by atoms with Gasteiger partial charge in [0, 0.05) is 39.9 Å². The van der Waals surface area contributed by atoms with E-state index < -0.39 is 0 Å². The van der Waals surface area contributed by atoms with E-state index in [1.54, 1.807) is 7.11 Å². The lowest BCUT2D eigenvalue weighted by Crippen LogP contribution is -2.46. The summed E-state index contributed by atoms with van der Waals surface area (Å²) in [6.07, 6.45) is 1.98. The molecule has 1 heterocycles. The average molecular weight is 243 g/mol. The Balaban J connectivity index is 2.24. The lowest BCUT2D eigenvalue weighted by atomic mass is 10.2. The van der Waals surface area contributed by atoms with Crippen LogP contribution in [0.1, 0.15) is 19.8 Å². The van der Waals surface area contributed by atoms with Gasteiger partial charge in [-0.25, -0.2) is 0 Å². The fourth-order valence-corrected chi connectivity index (χ4v) is 2.00. The van der Waals surface area contributed by atoms with Gasteiger partial charge in [0.1, 0.15) is 0 Å². The minimum Gasteiger partial charge on any atom is -0.385 e. The second kappa shape index (κ2) is 8.44. The average Bonchev–Trinajstić information content (AvgIpc) is 2.62. The van der Waals surface area contributed by atoms with E-state index in [1.165, 1.54) is 0 Å². The predicted octanol–water partition coefficient (Wildman–Crippen LogP) is -0.177. The summed E-state index contributed by atoms with van der Waals surface area (Å²) in [7, 11) is 1.68. The highest BCUT2D eigenvalue weighted by molar-refractivity contribution is 5.81. The highest BCUT2D eigenvalue weighted by atomic mass is 16.5. The quantitative estimate of drug-likeness (QED) is 0.636. The van der Waals surface area contributed by atoms with E-state index in [1.807, 2.05) is 6.92 Å². The normalized spacial score (nSPS) is 19.6. The molecule has 0 aromatic carbocycles. The van der Waals surface area contributed by atoms with Gasteiger partial charge in [-0.05, 0) is 26.3 Å². The molecule has 2 N–H and O–H groups in total. The van der Waals surface area contributed by atoms with Crippen molar-refractivity contribution in [2.45, 2.75) is 25.8 Å². The number of carbonyl (C=O) groups is 1. The summed E-state index contributed by atoms with van der Waals surface area (Å²) in [6.45, 7) is 7.36. The van der Waals surface area contributed by atoms with E-state index in [0.29, 0.717) is 13.2 Å². The van der Waals surface area contributed by atoms with Crippen molar-refractivity contribution in [2.24, 2.45) is 0 Å². The lowest BCUT2D eigenvalue weighted by molar-refractivity contribution is -0.125. The fourth-order valence-electron chi connectivity index (χ4n) is 2.00. The molecule has 17 heavy (non-hydrogen) atoms. The summed E-state index contributed by atoms with van der Waals surface area (Å²) in [5.74, 6) is 0.128. The Hall–Kier alpha value is -0.650. The molecule has 0 spiro atoms. The van der Waals surface area contributed by atoms with E-state index in [9.17, 15) is 4.79 Å². The van der Waals surface area contributed by atoms with Gasteiger partial charge in [-0.15, -0.1) is 0 Å². The first-order valence-corrected chi connectivity index (χ1v) is 6.47. The van der Waals surface area contributed by atoms with Crippen LogP contribution in [0.3, 0.4) is 0 Å². The molecule has 1 aliphatic rings. The number of nitrogens with zero attached hydrogens (tertiary/aromatic N) is 1. The predicted molar refractivity (Wildman–Crippen MR) is 68.0 cm³/mol. The Bertz CT molecular complexity index is 216. The third-order valence-electron chi connectivity index (χ3n) is 3.13. The molecular formula is C12H25N3O2. The minimum atomic E-state index is -0.0301. The summed E-state index contributed by atoms with van der Waals surface area (Å²) in [5, 5.41) is 6.29. The summed E-state index contributed by atoms with van der Waals surface area (Å²) in [5.41, 5.74) is 0. The van der Waals surface area contributed by atoms with Crippen LogP contribution in [0, 0.1) is 0 Å². The molecule has 0 aliphatic carbocycles. The molecule has 100 valence electrons. The van der Waals surface area contributed by atoms with Gasteiger partial charge in [-0.3, -0.25) is 9.69 Å². The number of nitrogens with one attached hydrogen (secondary N) is 2. The van der Waals surface area contributed by atoms with E-state index in [4.69, 9.17) is 4.74 Å². The van der Waals surface area contributed by atoms with Crippen molar-refractivity contribution in [3.63, 3.8) is 0 Å². The summed E-state index contributed by atoms with van der Waals surface area (Å²) < 4.78 is 4.95. The first kappa shape index (κ1) is 14.4. The molecule has 1 aliphatic heterocycles. The molecule has 1 atom stereocenters. The molecule has 0 aromatic rings. The van der Waals surface area contributed by atoms with Crippen molar-refractivity contribution in [3.8, 4) is 0 Å². The Morgan fingerprint density at radius 1 is 1.47 bits per heavy atom. The largest absolute Gasteiger partial charge is 0.385 e. The van der Waals surface area contributed by atoms with E-state index >= 15 is 0 Å². The maximum atomic E-state index is 11.9. The zero-order valence-electron chi connectivity index (χ0n) is 11.0. The van der Waals surface area contributed by atoms with Crippen molar-refractivity contribution in [1.29, 1.82) is 0 Å². The molecule has 0 radical (unpaired) electrons. The van der Waals surface area contributed by atoms with Gasteiger partial charge in [0.05, 0.1) is 6.04 Å². The van der Waals surface area contributed by atoms with Crippen LogP contribution in [0.5, 0.6) is 0 Å². The van der Waals surface area contributed by atoms with E-state index in [-0.39, 0.29) is 11.9 Å². The Labute approximate surface area is 104 Å². The maximum Gasteiger partial charge on any atom is 0.237 e. The van der Waals surface area contributed by atoms with Gasteiger partial charge in [-0.2, -0.15) is 0 Å². The zero-order chi connectivity index (χ0) is 12.5. The minimum absolute atomic E-state index is 0.0301. The molecule has 0 saturated carbocycles. The van der Waals surface area contributed by atoms with E-state index in [2.05, 4.69) is 15.5 Å². The molecule has 5 heteroatoms. The van der Waals surface area contributed by atoms with Crippen molar-refractivity contribution in [3.05, 3.63) is 0 Å². The van der Waals surface area contributed by atoms with Crippen molar-refractivity contribution in [1.82, 2.24) is 15.5 Å². The SMILES string of the molecule is COCCCNC(=O)C(C)N1CCCNCC1. The molecule has 1 unspecified atom stereocenters. The Morgan fingerprint density at radius 2 is 2.29 bits per heavy atom. The first-order chi connectivity index (χ1) is 8.25. The van der Waals surface area contributed by atoms with Gasteiger partial charge in [0.25, 0.3) is 0 Å². The molecular weight excluding hydrogens is 218 g/mol. The molecule has 5 nitrogen and oxygen atoms in total. The van der Waals surface area contributed by atoms with Gasteiger partial charge in [0.2, 0.25) is 5.91 Å². The van der Waals surface area contributed by atoms with Crippen molar-refractivity contribution in [2.75, 3.05) is 46.4 Å². The topological polar surface area (TPSA) is 53.6 Å². The highest BCUT2D eigenvalue weighted by Crippen LogP contribution is 2.02. The summed E-state index contributed by atoms with van der Waals surface area (Å²) >= 11 is 0. The molecule has 1 saturated heterocycles. The molecule has 0 aromatic heterocycles. The third kappa shape index (κ3) is 5.48. The number of hydrogen-bond acceptors (Lipinski definition) is 4. The number of methoxy groups -OCH3 is 1. The summed E-state index contributed by atoms with van der Waals surface area (Å²) in [4.78, 5) is 14.1. The van der Waals surface area contributed by atoms with Crippen molar-refractivity contribution < 1.29 is 9.53 Å². The van der Waals surface area contributed by atoms with Crippen LogP contribution in [0.4, 0.5) is 0 Å². The van der Waals surface area contributed by atoms with Crippen LogP contribution in [0.25, 0.3) is 0 Å². The zero-order valence-corrected chi connectivity index (χ0v) is 11.0. The monoisotopic (exact) mass is 243 g/mol. The van der Waals surface area contributed by atoms with Crippen LogP contribution in [0.15, 0.2) is 0 Å². The van der Waals surface area contributed by atoms with Crippen LogP contribution in [-0.2, 0) is 9.53 Å². The van der Waals surface area contributed by atoms with Crippen LogP contribution >= 0.6 is 0 Å². The standard InChI is InChI=1S/C12H25N3O2/c1-11(12(16)14-6-4-10-17-2)15-8-3-5-13-7-9-15/h11,13H,3-10H2,1-2H3,(H,14,16). The molecule has 1 rings (SSSR count). The number of amides is 1. The number of hydrogen-bond donors (Lipinski definition) is 2. The maximum absolute atomic E-state index is 11.9. The smallest absolute Gasteiger partial charge is 0.237 e. The molecule has 1 fully saturated rings. The second-order valence-electron chi connectivity index (χ2n) is 4.45. The molecule has 0 bridgehead atoms. The highest BCUT2D eigenvalue weighted by Gasteiger charge is 2.21. The van der Waals surface area contributed by atoms with Crippen LogP contribution in [-0.4, -0.2) is 63.3 Å². The van der Waals surface area contributed by atoms with Gasteiger partial charge >= 0.3 is 0 Å². The number of rotatable bonds is 6. The fraction of sp³-hybridized carbons (Fsp3) is 0.917. The van der Waals surface area contributed by atoms with Gasteiger partial charge in [-0.1, -0.05) is 0 Å². The number of ether oxygens (including phenoxy) is 1. The van der Waals surface area contributed by atoms with Crippen molar-refractivity contribution >= 4 is 5.91 Å². The van der Waals surface area contributed by atoms with Crippen LogP contribution in [0.2, 0.25) is 0 Å². The van der Waals surface area contributed by atoms with Crippen LogP contribution < -0.4 is 10.6 Å². The number of carbonyl (C=O) groups excluding carboxylic acids is 1. The Kier molecular flexibility index (Phi) is 7.16. The second-order valence-corrected chi connectivity index (χ2v) is 4.45. The van der Waals surface area contributed by atoms with Gasteiger partial charge < -0.3 is 15.4 Å². The third-order valence-corrected chi connectivity index (χ3v) is 3.13. The first-order valence-electron chi connectivity index (χ1n) is 6.47. The lowest BCUT2D eigenvalue weighted by Gasteiger charge is -2.26. The molecule has 1 amide bonds. The Morgan fingerprint density at radius 3 is 3.06 bits per heavy atom. The van der Waals surface area contributed by atoms with E-state index in [0.717, 1.165) is 39.0 Å².